The van der Waals surface area contributed by atoms with Crippen LogP contribution in [-0.2, 0) is 25.7 Å². The fraction of sp³-hybridized carbons (Fsp3) is 0.822. The summed E-state index contributed by atoms with van der Waals surface area (Å²) in [6.07, 6.45) is 93.5. The van der Waals surface area contributed by atoms with Crippen molar-refractivity contribution in [3.8, 4) is 0 Å². The second-order valence-electron chi connectivity index (χ2n) is 30.3. The van der Waals surface area contributed by atoms with E-state index in [1.807, 2.05) is 0 Å². The SMILES string of the molecule is CCCCCCCCCCCCCCCCCCCCCCCCCCCCc1cc(CCCC)cc(C2=C(CCCC)C(CCCCCC)=C(c3cc(CCCC)cc(CCCCCCCCCCCCCCCCCCCCCCCCCCCC)c3)[N+]2=[N-])c1. The van der Waals surface area contributed by atoms with E-state index in [1.165, 1.54) is 436 Å². The van der Waals surface area contributed by atoms with Crippen LogP contribution in [0.5, 0.6) is 0 Å². The largest absolute Gasteiger partial charge is 0.493 e. The van der Waals surface area contributed by atoms with Gasteiger partial charge in [-0.1, -0.05) is 413 Å². The zero-order valence-electron chi connectivity index (χ0n) is 63.4. The zero-order valence-corrected chi connectivity index (χ0v) is 63.4. The van der Waals surface area contributed by atoms with Crippen molar-refractivity contribution < 1.29 is 4.70 Å². The molecule has 0 unspecified atom stereocenters. The first-order valence-electron chi connectivity index (χ1n) is 42.7. The number of nitrogens with zero attached hydrogens (tertiary/aromatic N) is 2. The summed E-state index contributed by atoms with van der Waals surface area (Å²) >= 11 is 0. The summed E-state index contributed by atoms with van der Waals surface area (Å²) in [5.41, 5.74) is 26.4. The molecular weight excluding hydrogens is 1110 g/mol. The first-order valence-corrected chi connectivity index (χ1v) is 42.7. The van der Waals surface area contributed by atoms with Gasteiger partial charge in [-0.15, -0.1) is 0 Å². The van der Waals surface area contributed by atoms with Crippen LogP contribution in [0.2, 0.25) is 0 Å². The third-order valence-electron chi connectivity index (χ3n) is 21.3. The Hall–Kier alpha value is -2.48. The minimum atomic E-state index is 1.03. The molecule has 0 N–H and O–H groups in total. The summed E-state index contributed by atoms with van der Waals surface area (Å²) in [5, 5.41) is 0. The van der Waals surface area contributed by atoms with Crippen LogP contribution >= 0.6 is 0 Å². The van der Waals surface area contributed by atoms with E-state index in [1.54, 1.807) is 4.70 Å². The lowest BCUT2D eigenvalue weighted by Crippen LogP contribution is -2.05. The standard InChI is InChI=1S/C90H160N2/c1-7-13-19-22-24-26-28-30-32-34-36-38-40-42-44-46-48-50-52-54-56-58-60-62-64-66-71-83-75-81(69-16-10-4)77-85(79-83)89-87(73-18-12-6)88(74-68-21-15-9-3)90(92(89)91)86-78-82(70-17-11-5)76-84(80-86)72-67-65-63-61-59-57-55-53-51-49-47-45-43-41-39-37-35-33-31-29-27-25-23-20-14-8-2/h75-80H,7-74H2,1-6H3. The number of hydrogen-bond donors (Lipinski definition) is 0. The monoisotopic (exact) mass is 1270 g/mol. The molecular formula is C90H160N2. The van der Waals surface area contributed by atoms with Crippen molar-refractivity contribution in [2.75, 3.05) is 0 Å². The van der Waals surface area contributed by atoms with Crippen LogP contribution < -0.4 is 0 Å². The topological polar surface area (TPSA) is 25.3 Å². The summed E-state index contributed by atoms with van der Waals surface area (Å²) in [4.78, 5) is 0. The number of benzene rings is 2. The summed E-state index contributed by atoms with van der Waals surface area (Å²) in [5.74, 6) is 0. The van der Waals surface area contributed by atoms with E-state index in [4.69, 9.17) is 0 Å². The maximum Gasteiger partial charge on any atom is 0.211 e. The van der Waals surface area contributed by atoms with Crippen molar-refractivity contribution in [2.45, 2.75) is 478 Å². The second kappa shape index (κ2) is 62.1. The average Bonchev–Trinajstić information content (AvgIpc) is 1.60. The van der Waals surface area contributed by atoms with Crippen LogP contribution in [0.3, 0.4) is 0 Å². The predicted molar refractivity (Wildman–Crippen MR) is 415 cm³/mol. The van der Waals surface area contributed by atoms with E-state index in [9.17, 15) is 5.53 Å². The van der Waals surface area contributed by atoms with Gasteiger partial charge in [-0.3, -0.25) is 0 Å². The van der Waals surface area contributed by atoms with Crippen LogP contribution in [0.15, 0.2) is 47.5 Å². The van der Waals surface area contributed by atoms with Crippen LogP contribution in [0.1, 0.15) is 486 Å². The molecule has 1 aliphatic heterocycles. The minimum absolute atomic E-state index is 1.03. The van der Waals surface area contributed by atoms with Gasteiger partial charge < -0.3 is 5.53 Å². The number of unbranched alkanes of at least 4 members (excludes halogenated alkanes) is 56. The number of hydrogen-bond acceptors (Lipinski definition) is 0. The molecule has 92 heavy (non-hydrogen) atoms. The highest BCUT2D eigenvalue weighted by atomic mass is 15.2. The maximum absolute atomic E-state index is 13.0. The number of allylic oxidation sites excluding steroid dienone is 2. The van der Waals surface area contributed by atoms with Gasteiger partial charge in [-0.25, -0.2) is 4.70 Å². The molecule has 2 nitrogen and oxygen atoms in total. The molecule has 0 bridgehead atoms. The van der Waals surface area contributed by atoms with E-state index in [-0.39, 0.29) is 0 Å². The molecule has 1 aliphatic rings. The third kappa shape index (κ3) is 42.9. The highest BCUT2D eigenvalue weighted by Gasteiger charge is 2.36. The fourth-order valence-electron chi connectivity index (χ4n) is 15.3. The lowest BCUT2D eigenvalue weighted by atomic mass is 9.89. The third-order valence-corrected chi connectivity index (χ3v) is 21.3. The van der Waals surface area contributed by atoms with Gasteiger partial charge >= 0.3 is 0 Å². The number of rotatable bonds is 70. The average molecular weight is 1270 g/mol. The summed E-state index contributed by atoms with van der Waals surface area (Å²) < 4.78 is 1.73. The highest BCUT2D eigenvalue weighted by molar-refractivity contribution is 5.82. The molecule has 0 aromatic heterocycles. The molecule has 2 aromatic rings. The van der Waals surface area contributed by atoms with Crippen molar-refractivity contribution in [1.29, 1.82) is 0 Å². The molecule has 3 rings (SSSR count). The van der Waals surface area contributed by atoms with Crippen LogP contribution in [0.4, 0.5) is 0 Å². The first-order chi connectivity index (χ1) is 45.5. The maximum atomic E-state index is 13.0. The molecule has 0 radical (unpaired) electrons. The molecule has 0 spiro atoms. The molecule has 0 saturated carbocycles. The van der Waals surface area contributed by atoms with Gasteiger partial charge in [0, 0.05) is 22.3 Å². The highest BCUT2D eigenvalue weighted by Crippen LogP contribution is 2.45. The molecule has 0 saturated heterocycles. The summed E-state index contributed by atoms with van der Waals surface area (Å²) in [7, 11) is 0. The van der Waals surface area contributed by atoms with Gasteiger partial charge in [0.15, 0.2) is 0 Å². The van der Waals surface area contributed by atoms with Crippen molar-refractivity contribution in [2.24, 2.45) is 0 Å². The molecule has 2 aromatic carbocycles. The molecule has 0 atom stereocenters. The molecule has 530 valence electrons. The van der Waals surface area contributed by atoms with Crippen LogP contribution in [-0.4, -0.2) is 4.70 Å². The second-order valence-corrected chi connectivity index (χ2v) is 30.3. The Morgan fingerprint density at radius 2 is 0.337 bits per heavy atom. The van der Waals surface area contributed by atoms with Gasteiger partial charge in [-0.2, -0.15) is 0 Å². The van der Waals surface area contributed by atoms with E-state index < -0.39 is 0 Å². The lowest BCUT2D eigenvalue weighted by Gasteiger charge is -2.15. The smallest absolute Gasteiger partial charge is 0.211 e. The minimum Gasteiger partial charge on any atom is -0.493 e. The molecule has 1 heterocycles. The first kappa shape index (κ1) is 83.7. The summed E-state index contributed by atoms with van der Waals surface area (Å²) in [6.45, 7) is 14.0. The van der Waals surface area contributed by atoms with Gasteiger partial charge in [0.25, 0.3) is 0 Å². The van der Waals surface area contributed by atoms with Crippen molar-refractivity contribution in [3.63, 3.8) is 0 Å². The Morgan fingerprint density at radius 1 is 0.185 bits per heavy atom. The Morgan fingerprint density at radius 3 is 0.554 bits per heavy atom. The lowest BCUT2D eigenvalue weighted by molar-refractivity contribution is -0.345. The normalized spacial score (nSPS) is 12.7. The van der Waals surface area contributed by atoms with Gasteiger partial charge in [0.05, 0.1) is 0 Å². The van der Waals surface area contributed by atoms with Crippen LogP contribution in [0, 0.1) is 0 Å². The Balaban J connectivity index is 1.45. The van der Waals surface area contributed by atoms with Crippen molar-refractivity contribution >= 4 is 11.4 Å². The van der Waals surface area contributed by atoms with E-state index in [0.717, 1.165) is 56.3 Å². The van der Waals surface area contributed by atoms with Gasteiger partial charge in [0.1, 0.15) is 0 Å². The van der Waals surface area contributed by atoms with E-state index >= 15 is 0 Å². The van der Waals surface area contributed by atoms with Crippen molar-refractivity contribution in [3.05, 3.63) is 86.5 Å². The van der Waals surface area contributed by atoms with Gasteiger partial charge in [0.2, 0.25) is 11.4 Å². The quantitative estimate of drug-likeness (QED) is 0.0466. The Labute approximate surface area is 577 Å². The molecule has 0 fully saturated rings. The molecule has 0 amide bonds. The summed E-state index contributed by atoms with van der Waals surface area (Å²) in [6, 6.07) is 15.0. The number of aryl methyl sites for hydroxylation is 4. The Bertz CT molecular complexity index is 2050. The molecule has 2 heteroatoms. The molecule has 0 aliphatic carbocycles. The van der Waals surface area contributed by atoms with E-state index in [2.05, 4.69) is 77.9 Å². The van der Waals surface area contributed by atoms with E-state index in [0.29, 0.717) is 0 Å². The van der Waals surface area contributed by atoms with Gasteiger partial charge in [-0.05, 0) is 124 Å². The predicted octanol–water partition coefficient (Wildman–Crippen LogP) is 32.1. The Kier molecular flexibility index (Phi) is 56.5. The van der Waals surface area contributed by atoms with Crippen LogP contribution in [0.25, 0.3) is 16.9 Å². The zero-order chi connectivity index (χ0) is 65.7. The van der Waals surface area contributed by atoms with Crippen molar-refractivity contribution in [1.82, 2.24) is 0 Å². The fourth-order valence-corrected chi connectivity index (χ4v) is 15.3.